The zero-order chi connectivity index (χ0) is 55.4. The standard InChI is InChI=1S/C72H87N5O2S/c1-5-9-13-17-21-31-45-74-59-38-28-25-35-55(59)64-68(74)65-57-37-27-30-40-61(57)76(47-33-23-19-15-11-7-3)70(65)67-58-50-52(63-44-42-54(80-63)49-53(51-73)72(78)79)41-43-62(58)77(48-34-24-20-16-12-8-4)71(67)66-56-36-26-29-39-60(56)75(69(64)66)46-32-22-18-14-10-6-2/h25-30,35-44,49-50H,5-24,31-34,45-48H2,1-4H3,(H,78,79)/b53-49-,68-65?,69-64?,70-67?,71-66?. The van der Waals surface area contributed by atoms with Crippen molar-refractivity contribution >= 4 is 67.0 Å². The van der Waals surface area contributed by atoms with Gasteiger partial charge in [0.25, 0.3) is 0 Å². The van der Waals surface area contributed by atoms with E-state index in [0.29, 0.717) is 0 Å². The van der Waals surface area contributed by atoms with Crippen LogP contribution in [0.25, 0.3) is 105 Å². The van der Waals surface area contributed by atoms with Crippen molar-refractivity contribution in [3.05, 3.63) is 114 Å². The molecule has 0 aliphatic heterocycles. The summed E-state index contributed by atoms with van der Waals surface area (Å²) in [5, 5.41) is 24.8. The van der Waals surface area contributed by atoms with Crippen molar-refractivity contribution < 1.29 is 9.90 Å². The van der Waals surface area contributed by atoms with Crippen LogP contribution >= 0.6 is 11.3 Å². The highest BCUT2D eigenvalue weighted by Gasteiger charge is 2.38. The van der Waals surface area contributed by atoms with Crippen molar-refractivity contribution in [2.45, 2.75) is 208 Å². The smallest absolute Gasteiger partial charge is 0.346 e. The van der Waals surface area contributed by atoms with Gasteiger partial charge in [0.1, 0.15) is 11.6 Å². The molecule has 418 valence electrons. The Kier molecular flexibility index (Phi) is 19.3. The topological polar surface area (TPSA) is 80.8 Å². The van der Waals surface area contributed by atoms with Crippen molar-refractivity contribution in [2.75, 3.05) is 0 Å². The van der Waals surface area contributed by atoms with Crippen LogP contribution < -0.4 is 0 Å². The minimum Gasteiger partial charge on any atom is -0.477 e. The lowest BCUT2D eigenvalue weighted by molar-refractivity contribution is -0.132. The molecule has 0 spiro atoms. The molecule has 1 aliphatic carbocycles. The third-order valence-electron chi connectivity index (χ3n) is 17.4. The van der Waals surface area contributed by atoms with E-state index >= 15 is 0 Å². The van der Waals surface area contributed by atoms with Gasteiger partial charge in [-0.05, 0) is 79.8 Å². The van der Waals surface area contributed by atoms with Crippen LogP contribution in [-0.2, 0) is 31.0 Å². The number of aryl methyl sites for hydroxylation is 4. The molecule has 1 aliphatic rings. The summed E-state index contributed by atoms with van der Waals surface area (Å²) in [6, 6.07) is 41.3. The Balaban J connectivity index is 1.33. The maximum absolute atomic E-state index is 12.0. The summed E-state index contributed by atoms with van der Waals surface area (Å²) in [5.41, 5.74) is 16.9. The molecule has 80 heavy (non-hydrogen) atoms. The number of carbonyl (C=O) groups is 1. The minimum absolute atomic E-state index is 0.257. The van der Waals surface area contributed by atoms with Crippen molar-refractivity contribution in [1.82, 2.24) is 18.3 Å². The van der Waals surface area contributed by atoms with Gasteiger partial charge < -0.3 is 23.4 Å². The van der Waals surface area contributed by atoms with Crippen molar-refractivity contribution in [1.29, 1.82) is 5.26 Å². The van der Waals surface area contributed by atoms with E-state index in [0.717, 1.165) is 67.2 Å². The summed E-state index contributed by atoms with van der Waals surface area (Å²) in [6.45, 7) is 13.0. The van der Waals surface area contributed by atoms with Crippen LogP contribution in [0.3, 0.4) is 0 Å². The number of hydrogen-bond acceptors (Lipinski definition) is 3. The van der Waals surface area contributed by atoms with E-state index in [9.17, 15) is 15.2 Å². The van der Waals surface area contributed by atoms with E-state index < -0.39 is 5.97 Å². The van der Waals surface area contributed by atoms with Gasteiger partial charge in [0.2, 0.25) is 0 Å². The Morgan fingerprint density at radius 2 is 0.775 bits per heavy atom. The number of unbranched alkanes of at least 4 members (excludes halogenated alkanes) is 20. The lowest BCUT2D eigenvalue weighted by atomic mass is 9.88. The highest BCUT2D eigenvalue weighted by atomic mass is 32.1. The van der Waals surface area contributed by atoms with Crippen molar-refractivity contribution in [3.63, 3.8) is 0 Å². The van der Waals surface area contributed by atoms with Gasteiger partial charge in [-0.25, -0.2) is 4.79 Å². The van der Waals surface area contributed by atoms with Crippen LogP contribution in [0, 0.1) is 11.3 Å². The zero-order valence-corrected chi connectivity index (χ0v) is 49.5. The van der Waals surface area contributed by atoms with Gasteiger partial charge >= 0.3 is 5.97 Å². The average Bonchev–Trinajstić information content (AvgIpc) is 4.33. The normalized spacial score (nSPS) is 12.3. The Hall–Kier alpha value is -6.56. The number of benzene rings is 4. The molecular weight excluding hydrogens is 999 g/mol. The number of nitrogens with zero attached hydrogens (tertiary/aromatic N) is 5. The fourth-order valence-corrected chi connectivity index (χ4v) is 14.4. The number of aromatic nitrogens is 4. The quantitative estimate of drug-likeness (QED) is 0.0267. The van der Waals surface area contributed by atoms with Crippen LogP contribution in [0.2, 0.25) is 0 Å². The first-order valence-corrected chi connectivity index (χ1v) is 32.2. The van der Waals surface area contributed by atoms with Crippen LogP contribution in [0.5, 0.6) is 0 Å². The Labute approximate surface area is 480 Å². The van der Waals surface area contributed by atoms with Crippen LogP contribution in [0.15, 0.2) is 109 Å². The Morgan fingerprint density at radius 1 is 0.438 bits per heavy atom. The molecule has 4 aromatic carbocycles. The SMILES string of the molecule is CCCCCCCCn1c2c(c3ccccc31)-c1c(c3ccccc3n1CCCCCCCC)-c1c(c3cc(-c4ccc(/C=C(/C#N)C(=O)O)s4)ccc3n1CCCCCCCC)-c1c-2c2ccccc2n1CCCCCCCC. The number of aliphatic carboxylic acids is 1. The number of nitriles is 1. The number of rotatable bonds is 31. The number of carboxylic acids is 1. The minimum atomic E-state index is -1.21. The molecule has 0 fully saturated rings. The summed E-state index contributed by atoms with van der Waals surface area (Å²) in [4.78, 5) is 13.8. The highest BCUT2D eigenvalue weighted by molar-refractivity contribution is 7.16. The second kappa shape index (κ2) is 27.3. The number of fused-ring (bicyclic) bond motifs is 16. The molecule has 0 saturated carbocycles. The number of hydrogen-bond donors (Lipinski definition) is 1. The first kappa shape index (κ1) is 56.7. The molecule has 0 bridgehead atoms. The van der Waals surface area contributed by atoms with E-state index in [1.165, 1.54) is 223 Å². The van der Waals surface area contributed by atoms with Crippen molar-refractivity contribution in [3.8, 4) is 61.5 Å². The van der Waals surface area contributed by atoms with Gasteiger partial charge in [0, 0.05) is 102 Å². The van der Waals surface area contributed by atoms with Gasteiger partial charge in [-0.15, -0.1) is 11.3 Å². The van der Waals surface area contributed by atoms with Gasteiger partial charge in [-0.1, -0.05) is 217 Å². The summed E-state index contributed by atoms with van der Waals surface area (Å²) in [7, 11) is 0. The summed E-state index contributed by atoms with van der Waals surface area (Å²) in [6.07, 6.45) is 31.0. The molecule has 0 unspecified atom stereocenters. The van der Waals surface area contributed by atoms with E-state index in [2.05, 4.69) is 143 Å². The zero-order valence-electron chi connectivity index (χ0n) is 48.7. The summed E-state index contributed by atoms with van der Waals surface area (Å²) >= 11 is 1.55. The van der Waals surface area contributed by atoms with Gasteiger partial charge in [0.15, 0.2) is 0 Å². The van der Waals surface area contributed by atoms with E-state index in [-0.39, 0.29) is 5.57 Å². The maximum atomic E-state index is 12.0. The van der Waals surface area contributed by atoms with Crippen LogP contribution in [0.4, 0.5) is 0 Å². The summed E-state index contributed by atoms with van der Waals surface area (Å²) < 4.78 is 11.1. The lowest BCUT2D eigenvalue weighted by Crippen LogP contribution is -2.09. The van der Waals surface area contributed by atoms with Crippen molar-refractivity contribution in [2.24, 2.45) is 0 Å². The first-order chi connectivity index (χ1) is 39.4. The van der Waals surface area contributed by atoms with Gasteiger partial charge in [-0.2, -0.15) is 5.26 Å². The third kappa shape index (κ3) is 11.6. The monoisotopic (exact) mass is 1090 g/mol. The predicted molar refractivity (Wildman–Crippen MR) is 342 cm³/mol. The average molecular weight is 1090 g/mol. The molecule has 5 heterocycles. The number of thiophene rings is 1. The largest absolute Gasteiger partial charge is 0.477 e. The fraction of sp³-hybridized carbons (Fsp3) is 0.444. The molecular formula is C72H87N5O2S. The van der Waals surface area contributed by atoms with E-state index in [1.807, 2.05) is 12.1 Å². The molecule has 9 aromatic rings. The Bertz CT molecular complexity index is 3620. The molecule has 10 rings (SSSR count). The molecule has 5 aromatic heterocycles. The molecule has 0 amide bonds. The predicted octanol–water partition coefficient (Wildman–Crippen LogP) is 21.6. The van der Waals surface area contributed by atoms with E-state index in [1.54, 1.807) is 11.3 Å². The molecule has 7 nitrogen and oxygen atoms in total. The summed E-state index contributed by atoms with van der Waals surface area (Å²) in [5.74, 6) is -1.21. The highest BCUT2D eigenvalue weighted by Crippen LogP contribution is 2.59. The number of carboxylic acid groups (broad SMARTS) is 1. The second-order valence-corrected chi connectivity index (χ2v) is 24.1. The molecule has 0 saturated heterocycles. The molecule has 8 heteroatoms. The van der Waals surface area contributed by atoms with Gasteiger partial charge in [0.05, 0.1) is 22.8 Å². The molecule has 0 atom stereocenters. The van der Waals surface area contributed by atoms with Gasteiger partial charge in [-0.3, -0.25) is 0 Å². The third-order valence-corrected chi connectivity index (χ3v) is 18.5. The Morgan fingerprint density at radius 3 is 1.14 bits per heavy atom. The molecule has 0 radical (unpaired) electrons. The second-order valence-electron chi connectivity index (χ2n) is 23.0. The first-order valence-electron chi connectivity index (χ1n) is 31.4. The number of para-hydroxylation sites is 3. The molecule has 1 N–H and O–H groups in total. The maximum Gasteiger partial charge on any atom is 0.346 e. The van der Waals surface area contributed by atoms with Crippen LogP contribution in [0.1, 0.15) is 187 Å². The lowest BCUT2D eigenvalue weighted by Gasteiger charge is -2.23. The van der Waals surface area contributed by atoms with Crippen LogP contribution in [-0.4, -0.2) is 29.3 Å². The fourth-order valence-electron chi connectivity index (χ4n) is 13.4. The van der Waals surface area contributed by atoms with E-state index in [4.69, 9.17) is 0 Å².